The molecular formula is C37H41N5O7S. The normalized spacial score (nSPS) is 15.0. The minimum absolute atomic E-state index is 0.0100. The molecule has 1 heterocycles. The van der Waals surface area contributed by atoms with E-state index in [-0.39, 0.29) is 41.9 Å². The van der Waals surface area contributed by atoms with Crippen LogP contribution in [0.4, 0.5) is 11.4 Å². The van der Waals surface area contributed by atoms with Gasteiger partial charge in [0.15, 0.2) is 0 Å². The summed E-state index contributed by atoms with van der Waals surface area (Å²) in [5.74, 6) is 0.475. The SMILES string of the molecule is CCN(CC)C(=O)[C@@H]1CCCN(S(=O)(=O)c2cc([N+](=O)[O-])ccc2N/N=C\c2ccc(OCc3ccccc3)cc2OCc2ccccc2)C1. The van der Waals surface area contributed by atoms with Gasteiger partial charge in [-0.05, 0) is 56.0 Å². The number of non-ortho nitro benzene ring substituents is 1. The van der Waals surface area contributed by atoms with E-state index in [1.54, 1.807) is 23.1 Å². The zero-order valence-electron chi connectivity index (χ0n) is 28.1. The predicted octanol–water partition coefficient (Wildman–Crippen LogP) is 6.47. The van der Waals surface area contributed by atoms with Crippen LogP contribution < -0.4 is 14.9 Å². The Morgan fingerprint density at radius 3 is 2.26 bits per heavy atom. The van der Waals surface area contributed by atoms with Gasteiger partial charge in [-0.15, -0.1) is 0 Å². The molecule has 5 rings (SSSR count). The topological polar surface area (TPSA) is 144 Å². The first kappa shape index (κ1) is 36.0. The van der Waals surface area contributed by atoms with Crippen LogP contribution >= 0.6 is 0 Å². The number of anilines is 1. The van der Waals surface area contributed by atoms with Crippen LogP contribution in [0.5, 0.6) is 11.5 Å². The number of piperidine rings is 1. The largest absolute Gasteiger partial charge is 0.489 e. The molecular weight excluding hydrogens is 659 g/mol. The van der Waals surface area contributed by atoms with E-state index in [0.717, 1.165) is 17.2 Å². The van der Waals surface area contributed by atoms with Crippen LogP contribution in [0.1, 0.15) is 43.4 Å². The first-order valence-electron chi connectivity index (χ1n) is 16.5. The van der Waals surface area contributed by atoms with Gasteiger partial charge in [-0.25, -0.2) is 8.42 Å². The summed E-state index contributed by atoms with van der Waals surface area (Å²) in [6.07, 6.45) is 2.54. The molecule has 1 aliphatic heterocycles. The predicted molar refractivity (Wildman–Crippen MR) is 192 cm³/mol. The molecule has 1 amide bonds. The Hall–Kier alpha value is -5.27. The van der Waals surface area contributed by atoms with Crippen LogP contribution in [0, 0.1) is 16.0 Å². The zero-order chi connectivity index (χ0) is 35.5. The fraction of sp³-hybridized carbons (Fsp3) is 0.297. The van der Waals surface area contributed by atoms with Crippen molar-refractivity contribution in [3.05, 3.63) is 124 Å². The molecule has 0 spiro atoms. The number of hydrazone groups is 1. The van der Waals surface area contributed by atoms with Gasteiger partial charge in [-0.2, -0.15) is 9.41 Å². The van der Waals surface area contributed by atoms with Gasteiger partial charge in [0, 0.05) is 49.9 Å². The Balaban J connectivity index is 1.39. The van der Waals surface area contributed by atoms with E-state index in [0.29, 0.717) is 49.6 Å². The maximum Gasteiger partial charge on any atom is 0.270 e. The average molecular weight is 700 g/mol. The van der Waals surface area contributed by atoms with Gasteiger partial charge < -0.3 is 14.4 Å². The lowest BCUT2D eigenvalue weighted by Crippen LogP contribution is -2.46. The van der Waals surface area contributed by atoms with Crippen molar-refractivity contribution in [1.29, 1.82) is 0 Å². The lowest BCUT2D eigenvalue weighted by atomic mass is 9.98. The maximum atomic E-state index is 14.0. The highest BCUT2D eigenvalue weighted by molar-refractivity contribution is 7.89. The van der Waals surface area contributed by atoms with E-state index in [1.807, 2.05) is 74.5 Å². The molecule has 0 aliphatic carbocycles. The lowest BCUT2D eigenvalue weighted by Gasteiger charge is -2.34. The smallest absolute Gasteiger partial charge is 0.270 e. The molecule has 1 N–H and O–H groups in total. The Morgan fingerprint density at radius 1 is 0.960 bits per heavy atom. The van der Waals surface area contributed by atoms with E-state index >= 15 is 0 Å². The van der Waals surface area contributed by atoms with Gasteiger partial charge in [-0.1, -0.05) is 60.7 Å². The summed E-state index contributed by atoms with van der Waals surface area (Å²) in [4.78, 5) is 25.5. The monoisotopic (exact) mass is 699 g/mol. The third kappa shape index (κ3) is 9.04. The Labute approximate surface area is 292 Å². The van der Waals surface area contributed by atoms with Crippen molar-refractivity contribution in [3.8, 4) is 11.5 Å². The summed E-state index contributed by atoms with van der Waals surface area (Å²) in [7, 11) is -4.25. The van der Waals surface area contributed by atoms with Crippen molar-refractivity contribution in [2.45, 2.75) is 44.8 Å². The maximum absolute atomic E-state index is 14.0. The Kier molecular flexibility index (Phi) is 12.2. The molecule has 0 bridgehead atoms. The van der Waals surface area contributed by atoms with Gasteiger partial charge in [0.25, 0.3) is 5.69 Å². The highest BCUT2D eigenvalue weighted by Crippen LogP contribution is 2.32. The highest BCUT2D eigenvalue weighted by Gasteiger charge is 2.36. The van der Waals surface area contributed by atoms with Crippen LogP contribution in [0.15, 0.2) is 107 Å². The first-order valence-corrected chi connectivity index (χ1v) is 18.0. The minimum Gasteiger partial charge on any atom is -0.489 e. The van der Waals surface area contributed by atoms with Crippen molar-refractivity contribution in [2.75, 3.05) is 31.6 Å². The number of ether oxygens (including phenoxy) is 2. The number of nitrogens with zero attached hydrogens (tertiary/aromatic N) is 4. The fourth-order valence-electron chi connectivity index (χ4n) is 5.71. The summed E-state index contributed by atoms with van der Waals surface area (Å²) in [6, 6.07) is 28.3. The number of benzene rings is 4. The Bertz CT molecular complexity index is 1900. The van der Waals surface area contributed by atoms with Gasteiger partial charge in [-0.3, -0.25) is 20.3 Å². The van der Waals surface area contributed by atoms with Crippen molar-refractivity contribution in [1.82, 2.24) is 9.21 Å². The van der Waals surface area contributed by atoms with E-state index in [4.69, 9.17) is 9.47 Å². The molecule has 0 saturated carbocycles. The second kappa shape index (κ2) is 16.9. The number of rotatable bonds is 15. The summed E-state index contributed by atoms with van der Waals surface area (Å²) in [5.41, 5.74) is 5.02. The number of nitrogens with one attached hydrogen (secondary N) is 1. The molecule has 0 aromatic heterocycles. The van der Waals surface area contributed by atoms with E-state index in [1.165, 1.54) is 22.7 Å². The molecule has 1 saturated heterocycles. The number of nitro benzene ring substituents is 1. The standard InChI is InChI=1S/C37H41N5O7S/c1-3-40(4-2)37(43)31-16-11-21-41(25-31)50(46,47)36-22-32(42(44)45)18-20-34(36)39-38-24-30-17-19-33(48-26-28-12-7-5-8-13-28)23-35(30)49-27-29-14-9-6-10-15-29/h5-10,12-15,17-20,22-24,31,39H,3-4,11,16,21,25-27H2,1-2H3/b38-24-/t31-/m1/s1. The number of carbonyl (C=O) groups is 1. The number of carbonyl (C=O) groups excluding carboxylic acids is 1. The number of sulfonamides is 1. The number of hydrogen-bond acceptors (Lipinski definition) is 9. The number of hydrogen-bond donors (Lipinski definition) is 1. The highest BCUT2D eigenvalue weighted by atomic mass is 32.2. The van der Waals surface area contributed by atoms with Crippen molar-refractivity contribution in [2.24, 2.45) is 11.0 Å². The molecule has 12 nitrogen and oxygen atoms in total. The minimum atomic E-state index is -4.25. The zero-order valence-corrected chi connectivity index (χ0v) is 28.9. The van der Waals surface area contributed by atoms with Crippen LogP contribution in [-0.2, 0) is 28.0 Å². The van der Waals surface area contributed by atoms with Gasteiger partial charge in [0.1, 0.15) is 29.6 Å². The molecule has 0 unspecified atom stereocenters. The van der Waals surface area contributed by atoms with Crippen LogP contribution in [0.3, 0.4) is 0 Å². The third-order valence-electron chi connectivity index (χ3n) is 8.46. The van der Waals surface area contributed by atoms with Crippen LogP contribution in [0.25, 0.3) is 0 Å². The number of amides is 1. The first-order chi connectivity index (χ1) is 24.2. The molecule has 1 fully saturated rings. The van der Waals surface area contributed by atoms with E-state index < -0.39 is 20.9 Å². The summed E-state index contributed by atoms with van der Waals surface area (Å²) in [5, 5.41) is 16.0. The summed E-state index contributed by atoms with van der Waals surface area (Å²) in [6.45, 7) is 5.65. The second-order valence-electron chi connectivity index (χ2n) is 11.8. The van der Waals surface area contributed by atoms with Crippen molar-refractivity contribution < 1.29 is 27.6 Å². The molecule has 1 atom stereocenters. The fourth-order valence-corrected chi connectivity index (χ4v) is 7.39. The lowest BCUT2D eigenvalue weighted by molar-refractivity contribution is -0.385. The molecule has 50 heavy (non-hydrogen) atoms. The van der Waals surface area contributed by atoms with Crippen molar-refractivity contribution >= 4 is 33.5 Å². The molecule has 4 aromatic rings. The molecule has 1 aliphatic rings. The van der Waals surface area contributed by atoms with Crippen LogP contribution in [0.2, 0.25) is 0 Å². The van der Waals surface area contributed by atoms with E-state index in [9.17, 15) is 23.3 Å². The third-order valence-corrected chi connectivity index (χ3v) is 10.4. The second-order valence-corrected chi connectivity index (χ2v) is 13.7. The molecule has 4 aromatic carbocycles. The average Bonchev–Trinajstić information content (AvgIpc) is 3.15. The van der Waals surface area contributed by atoms with E-state index in [2.05, 4.69) is 10.5 Å². The van der Waals surface area contributed by atoms with Crippen LogP contribution in [-0.4, -0.2) is 60.8 Å². The van der Waals surface area contributed by atoms with Gasteiger partial charge >= 0.3 is 0 Å². The Morgan fingerprint density at radius 2 is 1.62 bits per heavy atom. The quantitative estimate of drug-likeness (QED) is 0.0845. The van der Waals surface area contributed by atoms with Crippen molar-refractivity contribution in [3.63, 3.8) is 0 Å². The molecule has 13 heteroatoms. The number of nitro groups is 1. The molecule has 0 radical (unpaired) electrons. The summed E-state index contributed by atoms with van der Waals surface area (Å²) < 4.78 is 41.5. The molecule has 262 valence electrons. The van der Waals surface area contributed by atoms with Gasteiger partial charge in [0.05, 0.1) is 22.7 Å². The summed E-state index contributed by atoms with van der Waals surface area (Å²) >= 11 is 0. The van der Waals surface area contributed by atoms with Gasteiger partial charge in [0.2, 0.25) is 15.9 Å².